The van der Waals surface area contributed by atoms with Gasteiger partial charge in [0.2, 0.25) is 5.91 Å². The lowest BCUT2D eigenvalue weighted by Crippen LogP contribution is -2.36. The average Bonchev–Trinajstić information content (AvgIpc) is 3.30. The van der Waals surface area contributed by atoms with Gasteiger partial charge in [-0.15, -0.1) is 0 Å². The van der Waals surface area contributed by atoms with Gasteiger partial charge in [0.25, 0.3) is 0 Å². The standard InChI is InChI=1S/C20H25N3O/c1-2-14-3-5-15(6-4-14)17-9-10-23(13-17)20(24)16-7-8-19-18(11-16)12-21-22-19/h3-6,12,16-17H,2,7-11,13H2,1H3,(H,21,22). The molecule has 2 heterocycles. The monoisotopic (exact) mass is 323 g/mol. The third-order valence-electron chi connectivity index (χ3n) is 5.73. The summed E-state index contributed by atoms with van der Waals surface area (Å²) in [5.41, 5.74) is 5.20. The van der Waals surface area contributed by atoms with Crippen LogP contribution in [0.5, 0.6) is 0 Å². The van der Waals surface area contributed by atoms with Crippen molar-refractivity contribution in [3.05, 3.63) is 52.8 Å². The van der Waals surface area contributed by atoms with Crippen molar-refractivity contribution in [3.8, 4) is 0 Å². The van der Waals surface area contributed by atoms with Gasteiger partial charge >= 0.3 is 0 Å². The fourth-order valence-electron chi connectivity index (χ4n) is 4.14. The Labute approximate surface area is 143 Å². The predicted molar refractivity (Wildman–Crippen MR) is 93.9 cm³/mol. The molecule has 4 heteroatoms. The Balaban J connectivity index is 1.40. The summed E-state index contributed by atoms with van der Waals surface area (Å²) in [5, 5.41) is 7.16. The lowest BCUT2D eigenvalue weighted by molar-refractivity contribution is -0.134. The van der Waals surface area contributed by atoms with Crippen LogP contribution in [0, 0.1) is 5.92 Å². The molecule has 0 radical (unpaired) electrons. The highest BCUT2D eigenvalue weighted by molar-refractivity contribution is 5.80. The number of H-pyrrole nitrogens is 1. The zero-order valence-corrected chi connectivity index (χ0v) is 14.3. The van der Waals surface area contributed by atoms with Crippen LogP contribution in [0.1, 0.15) is 48.1 Å². The van der Waals surface area contributed by atoms with E-state index in [1.54, 1.807) is 0 Å². The lowest BCUT2D eigenvalue weighted by Gasteiger charge is -2.26. The highest BCUT2D eigenvalue weighted by Crippen LogP contribution is 2.31. The van der Waals surface area contributed by atoms with E-state index >= 15 is 0 Å². The maximum Gasteiger partial charge on any atom is 0.226 e. The summed E-state index contributed by atoms with van der Waals surface area (Å²) in [7, 11) is 0. The molecule has 0 spiro atoms. The maximum atomic E-state index is 12.9. The molecule has 4 nitrogen and oxygen atoms in total. The Morgan fingerprint density at radius 2 is 2.12 bits per heavy atom. The molecule has 1 amide bonds. The Bertz CT molecular complexity index is 719. The normalized spacial score (nSPS) is 23.3. The number of aromatic amines is 1. The fourth-order valence-corrected chi connectivity index (χ4v) is 4.14. The number of likely N-dealkylation sites (tertiary alicyclic amines) is 1. The summed E-state index contributed by atoms with van der Waals surface area (Å²) in [6.45, 7) is 3.95. The van der Waals surface area contributed by atoms with Crippen molar-refractivity contribution >= 4 is 5.91 Å². The molecule has 1 aromatic heterocycles. The number of amides is 1. The number of aromatic nitrogens is 2. The lowest BCUT2D eigenvalue weighted by atomic mass is 9.87. The van der Waals surface area contributed by atoms with E-state index in [4.69, 9.17) is 0 Å². The van der Waals surface area contributed by atoms with Crippen LogP contribution >= 0.6 is 0 Å². The van der Waals surface area contributed by atoms with E-state index in [1.807, 2.05) is 6.20 Å². The summed E-state index contributed by atoms with van der Waals surface area (Å²) in [6.07, 6.45) is 6.78. The molecule has 1 saturated heterocycles. The van der Waals surface area contributed by atoms with Crippen LogP contribution in [0.25, 0.3) is 0 Å². The van der Waals surface area contributed by atoms with E-state index < -0.39 is 0 Å². The van der Waals surface area contributed by atoms with Crippen molar-refractivity contribution in [2.24, 2.45) is 5.92 Å². The van der Waals surface area contributed by atoms with Gasteiger partial charge in [0.05, 0.1) is 6.20 Å². The summed E-state index contributed by atoms with van der Waals surface area (Å²) < 4.78 is 0. The third kappa shape index (κ3) is 2.85. The number of benzene rings is 1. The Morgan fingerprint density at radius 3 is 2.92 bits per heavy atom. The maximum absolute atomic E-state index is 12.9. The molecular weight excluding hydrogens is 298 g/mol. The molecule has 1 aromatic carbocycles. The van der Waals surface area contributed by atoms with Crippen LogP contribution in [0.2, 0.25) is 0 Å². The first-order valence-corrected chi connectivity index (χ1v) is 9.13. The second-order valence-electron chi connectivity index (χ2n) is 7.18. The molecule has 2 atom stereocenters. The highest BCUT2D eigenvalue weighted by Gasteiger charge is 2.33. The number of nitrogens with one attached hydrogen (secondary N) is 1. The number of hydrogen-bond donors (Lipinski definition) is 1. The van der Waals surface area contributed by atoms with Gasteiger partial charge in [0.1, 0.15) is 0 Å². The molecule has 1 N–H and O–H groups in total. The molecule has 1 aliphatic heterocycles. The van der Waals surface area contributed by atoms with Crippen molar-refractivity contribution < 1.29 is 4.79 Å². The van der Waals surface area contributed by atoms with Crippen molar-refractivity contribution in [1.82, 2.24) is 15.1 Å². The molecule has 4 rings (SSSR count). The van der Waals surface area contributed by atoms with Crippen molar-refractivity contribution in [2.75, 3.05) is 13.1 Å². The summed E-state index contributed by atoms with van der Waals surface area (Å²) >= 11 is 0. The second kappa shape index (κ2) is 6.42. The van der Waals surface area contributed by atoms with Gasteiger partial charge < -0.3 is 4.90 Å². The first kappa shape index (κ1) is 15.4. The molecule has 2 aliphatic rings. The van der Waals surface area contributed by atoms with E-state index in [1.165, 1.54) is 22.4 Å². The van der Waals surface area contributed by atoms with Crippen molar-refractivity contribution in [1.29, 1.82) is 0 Å². The van der Waals surface area contributed by atoms with E-state index in [-0.39, 0.29) is 5.92 Å². The molecule has 2 aromatic rings. The minimum atomic E-state index is 0.135. The van der Waals surface area contributed by atoms with Crippen LogP contribution in [-0.2, 0) is 24.1 Å². The van der Waals surface area contributed by atoms with Gasteiger partial charge in [-0.25, -0.2) is 0 Å². The quantitative estimate of drug-likeness (QED) is 0.943. The van der Waals surface area contributed by atoms with Crippen LogP contribution < -0.4 is 0 Å². The van der Waals surface area contributed by atoms with Gasteiger partial charge in [-0.3, -0.25) is 9.89 Å². The van der Waals surface area contributed by atoms with Crippen LogP contribution in [0.3, 0.4) is 0 Å². The zero-order valence-electron chi connectivity index (χ0n) is 14.3. The minimum Gasteiger partial charge on any atom is -0.342 e. The highest BCUT2D eigenvalue weighted by atomic mass is 16.2. The summed E-state index contributed by atoms with van der Waals surface area (Å²) in [6, 6.07) is 8.94. The SMILES string of the molecule is CCc1ccc(C2CCN(C(=O)C3CCc4[nH]ncc4C3)C2)cc1. The molecule has 126 valence electrons. The zero-order chi connectivity index (χ0) is 16.5. The summed E-state index contributed by atoms with van der Waals surface area (Å²) in [5.74, 6) is 0.971. The Hall–Kier alpha value is -2.10. The van der Waals surface area contributed by atoms with Gasteiger partial charge in [-0.05, 0) is 48.8 Å². The molecular formula is C20H25N3O. The largest absolute Gasteiger partial charge is 0.342 e. The van der Waals surface area contributed by atoms with E-state index in [2.05, 4.69) is 46.3 Å². The smallest absolute Gasteiger partial charge is 0.226 e. The van der Waals surface area contributed by atoms with Crippen LogP contribution in [0.15, 0.2) is 30.5 Å². The Kier molecular flexibility index (Phi) is 4.13. The topological polar surface area (TPSA) is 49.0 Å². The predicted octanol–water partition coefficient (Wildman–Crippen LogP) is 3.09. The minimum absolute atomic E-state index is 0.135. The molecule has 1 aliphatic carbocycles. The fraction of sp³-hybridized carbons (Fsp3) is 0.500. The van der Waals surface area contributed by atoms with Gasteiger partial charge in [0, 0.05) is 30.6 Å². The molecule has 24 heavy (non-hydrogen) atoms. The second-order valence-corrected chi connectivity index (χ2v) is 7.18. The number of carbonyl (C=O) groups is 1. The van der Waals surface area contributed by atoms with Gasteiger partial charge in [-0.1, -0.05) is 31.2 Å². The number of aryl methyl sites for hydroxylation is 2. The molecule has 0 bridgehead atoms. The van der Waals surface area contributed by atoms with Gasteiger partial charge in [0.15, 0.2) is 0 Å². The number of carbonyl (C=O) groups excluding carboxylic acids is 1. The van der Waals surface area contributed by atoms with Crippen molar-refractivity contribution in [2.45, 2.75) is 44.9 Å². The molecule has 2 unspecified atom stereocenters. The van der Waals surface area contributed by atoms with Gasteiger partial charge in [-0.2, -0.15) is 5.10 Å². The van der Waals surface area contributed by atoms with Crippen LogP contribution in [-0.4, -0.2) is 34.1 Å². The molecule has 1 fully saturated rings. The van der Waals surface area contributed by atoms with E-state index in [0.29, 0.717) is 11.8 Å². The number of fused-ring (bicyclic) bond motifs is 1. The van der Waals surface area contributed by atoms with E-state index in [9.17, 15) is 4.79 Å². The average molecular weight is 323 g/mol. The van der Waals surface area contributed by atoms with E-state index in [0.717, 1.165) is 45.2 Å². The number of rotatable bonds is 3. The third-order valence-corrected chi connectivity index (χ3v) is 5.73. The summed E-state index contributed by atoms with van der Waals surface area (Å²) in [4.78, 5) is 15.0. The molecule has 0 saturated carbocycles. The van der Waals surface area contributed by atoms with Crippen molar-refractivity contribution in [3.63, 3.8) is 0 Å². The van der Waals surface area contributed by atoms with Crippen LogP contribution in [0.4, 0.5) is 0 Å². The number of hydrogen-bond acceptors (Lipinski definition) is 2. The first-order chi connectivity index (χ1) is 11.7. The first-order valence-electron chi connectivity index (χ1n) is 9.13. The number of nitrogens with zero attached hydrogens (tertiary/aromatic N) is 2. The Morgan fingerprint density at radius 1 is 1.29 bits per heavy atom.